The molecule has 3 nitrogen and oxygen atoms in total. The summed E-state index contributed by atoms with van der Waals surface area (Å²) in [7, 11) is 0. The highest BCUT2D eigenvalue weighted by molar-refractivity contribution is 5.81. The van der Waals surface area contributed by atoms with Gasteiger partial charge in [0.15, 0.2) is 0 Å². The summed E-state index contributed by atoms with van der Waals surface area (Å²) >= 11 is 0. The molecule has 1 atom stereocenters. The van der Waals surface area contributed by atoms with Crippen molar-refractivity contribution in [1.29, 1.82) is 0 Å². The van der Waals surface area contributed by atoms with Gasteiger partial charge in [0.2, 0.25) is 0 Å². The van der Waals surface area contributed by atoms with Gasteiger partial charge in [0.25, 0.3) is 0 Å². The van der Waals surface area contributed by atoms with E-state index in [1.165, 1.54) is 30.3 Å². The van der Waals surface area contributed by atoms with Gasteiger partial charge in [-0.3, -0.25) is 9.88 Å². The molecule has 1 aliphatic rings. The first kappa shape index (κ1) is 14.5. The highest BCUT2D eigenvalue weighted by atomic mass is 15.2. The van der Waals surface area contributed by atoms with Gasteiger partial charge in [-0.1, -0.05) is 32.0 Å². The molecule has 0 bridgehead atoms. The Morgan fingerprint density at radius 2 is 2.14 bits per heavy atom. The molecule has 1 aromatic carbocycles. The molecule has 0 radical (unpaired) electrons. The van der Waals surface area contributed by atoms with Crippen LogP contribution in [0.3, 0.4) is 0 Å². The summed E-state index contributed by atoms with van der Waals surface area (Å²) in [5.74, 6) is 0. The highest BCUT2D eigenvalue weighted by Gasteiger charge is 2.24. The number of benzene rings is 1. The van der Waals surface area contributed by atoms with E-state index < -0.39 is 0 Å². The summed E-state index contributed by atoms with van der Waals surface area (Å²) in [6.07, 6.45) is 4.56. The maximum absolute atomic E-state index is 4.46. The molecule has 0 spiro atoms. The molecule has 2 aromatic rings. The van der Waals surface area contributed by atoms with Crippen molar-refractivity contribution in [3.05, 3.63) is 42.1 Å². The van der Waals surface area contributed by atoms with E-state index in [9.17, 15) is 0 Å². The standard InChI is InChI=1S/C18H25N3/c1-14(2)20-12-16-6-5-11-21(16)13-15-9-10-19-18-8-4-3-7-17(15)18/h3-4,7-10,14,16,20H,5-6,11-13H2,1-2H3. The van der Waals surface area contributed by atoms with Gasteiger partial charge >= 0.3 is 0 Å². The van der Waals surface area contributed by atoms with Crippen LogP contribution in [-0.2, 0) is 6.54 Å². The first-order valence-electron chi connectivity index (χ1n) is 8.04. The minimum atomic E-state index is 0.564. The van der Waals surface area contributed by atoms with Crippen molar-refractivity contribution in [2.24, 2.45) is 0 Å². The van der Waals surface area contributed by atoms with E-state index >= 15 is 0 Å². The zero-order chi connectivity index (χ0) is 14.7. The molecule has 1 N–H and O–H groups in total. The SMILES string of the molecule is CC(C)NCC1CCCN1Cc1ccnc2ccccc12. The molecule has 0 aliphatic carbocycles. The molecule has 0 saturated carbocycles. The van der Waals surface area contributed by atoms with Crippen LogP contribution >= 0.6 is 0 Å². The number of fused-ring (bicyclic) bond motifs is 1. The van der Waals surface area contributed by atoms with Crippen molar-refractivity contribution in [1.82, 2.24) is 15.2 Å². The van der Waals surface area contributed by atoms with Crippen molar-refractivity contribution in [3.8, 4) is 0 Å². The van der Waals surface area contributed by atoms with Crippen molar-refractivity contribution < 1.29 is 0 Å². The predicted molar refractivity (Wildman–Crippen MR) is 88.3 cm³/mol. The van der Waals surface area contributed by atoms with E-state index in [1.807, 2.05) is 6.20 Å². The fraction of sp³-hybridized carbons (Fsp3) is 0.500. The Balaban J connectivity index is 1.75. The predicted octanol–water partition coefficient (Wildman–Crippen LogP) is 3.20. The lowest BCUT2D eigenvalue weighted by molar-refractivity contribution is 0.237. The average molecular weight is 283 g/mol. The Bertz CT molecular complexity index is 589. The van der Waals surface area contributed by atoms with Crippen LogP contribution in [0.2, 0.25) is 0 Å². The summed E-state index contributed by atoms with van der Waals surface area (Å²) in [4.78, 5) is 7.09. The lowest BCUT2D eigenvalue weighted by Gasteiger charge is -2.26. The van der Waals surface area contributed by atoms with Crippen LogP contribution < -0.4 is 5.32 Å². The van der Waals surface area contributed by atoms with Gasteiger partial charge in [-0.15, -0.1) is 0 Å². The summed E-state index contributed by atoms with van der Waals surface area (Å²) < 4.78 is 0. The third-order valence-electron chi connectivity index (χ3n) is 4.37. The second-order valence-electron chi connectivity index (χ2n) is 6.32. The van der Waals surface area contributed by atoms with Crippen molar-refractivity contribution >= 4 is 10.9 Å². The van der Waals surface area contributed by atoms with E-state index in [0.717, 1.165) is 18.6 Å². The molecule has 1 aliphatic heterocycles. The van der Waals surface area contributed by atoms with Crippen LogP contribution in [0.15, 0.2) is 36.5 Å². The average Bonchev–Trinajstić information content (AvgIpc) is 2.93. The molecular weight excluding hydrogens is 258 g/mol. The van der Waals surface area contributed by atoms with Crippen molar-refractivity contribution in [2.45, 2.75) is 45.3 Å². The Morgan fingerprint density at radius 3 is 3.00 bits per heavy atom. The number of hydrogen-bond acceptors (Lipinski definition) is 3. The Morgan fingerprint density at radius 1 is 1.29 bits per heavy atom. The maximum atomic E-state index is 4.46. The molecule has 3 heteroatoms. The smallest absolute Gasteiger partial charge is 0.0705 e. The Kier molecular flexibility index (Phi) is 4.51. The Hall–Kier alpha value is -1.45. The molecule has 1 aromatic heterocycles. The van der Waals surface area contributed by atoms with Crippen molar-refractivity contribution in [2.75, 3.05) is 13.1 Å². The first-order chi connectivity index (χ1) is 10.2. The maximum Gasteiger partial charge on any atom is 0.0705 e. The van der Waals surface area contributed by atoms with Crippen LogP contribution in [0.25, 0.3) is 10.9 Å². The summed E-state index contributed by atoms with van der Waals surface area (Å²) in [5, 5.41) is 4.88. The number of aromatic nitrogens is 1. The third-order valence-corrected chi connectivity index (χ3v) is 4.37. The zero-order valence-corrected chi connectivity index (χ0v) is 13.0. The van der Waals surface area contributed by atoms with Gasteiger partial charge in [-0.2, -0.15) is 0 Å². The minimum absolute atomic E-state index is 0.564. The Labute approximate surface area is 127 Å². The fourth-order valence-corrected chi connectivity index (χ4v) is 3.22. The van der Waals surface area contributed by atoms with Gasteiger partial charge in [0, 0.05) is 36.8 Å². The summed E-state index contributed by atoms with van der Waals surface area (Å²) in [5.41, 5.74) is 2.50. The largest absolute Gasteiger partial charge is 0.313 e. The van der Waals surface area contributed by atoms with E-state index in [2.05, 4.69) is 59.4 Å². The van der Waals surface area contributed by atoms with Gasteiger partial charge < -0.3 is 5.32 Å². The lowest BCUT2D eigenvalue weighted by Crippen LogP contribution is -2.39. The third kappa shape index (κ3) is 3.42. The zero-order valence-electron chi connectivity index (χ0n) is 13.0. The molecule has 112 valence electrons. The van der Waals surface area contributed by atoms with E-state index in [4.69, 9.17) is 0 Å². The topological polar surface area (TPSA) is 28.2 Å². The van der Waals surface area contributed by atoms with Gasteiger partial charge in [-0.05, 0) is 37.1 Å². The number of nitrogens with zero attached hydrogens (tertiary/aromatic N) is 2. The quantitative estimate of drug-likeness (QED) is 0.913. The lowest BCUT2D eigenvalue weighted by atomic mass is 10.1. The van der Waals surface area contributed by atoms with Gasteiger partial charge in [0.05, 0.1) is 5.52 Å². The first-order valence-corrected chi connectivity index (χ1v) is 8.04. The molecule has 0 amide bonds. The summed E-state index contributed by atoms with van der Waals surface area (Å²) in [6, 6.07) is 11.9. The molecule has 1 saturated heterocycles. The van der Waals surface area contributed by atoms with E-state index in [-0.39, 0.29) is 0 Å². The molecular formula is C18H25N3. The number of hydrogen-bond donors (Lipinski definition) is 1. The van der Waals surface area contributed by atoms with Crippen LogP contribution in [0.4, 0.5) is 0 Å². The molecule has 1 unspecified atom stereocenters. The second-order valence-corrected chi connectivity index (χ2v) is 6.32. The van der Waals surface area contributed by atoms with Crippen LogP contribution in [0.1, 0.15) is 32.3 Å². The van der Waals surface area contributed by atoms with Gasteiger partial charge in [0.1, 0.15) is 0 Å². The molecule has 2 heterocycles. The normalized spacial score (nSPS) is 19.7. The van der Waals surface area contributed by atoms with Crippen LogP contribution in [0.5, 0.6) is 0 Å². The van der Waals surface area contributed by atoms with E-state index in [1.54, 1.807) is 0 Å². The summed E-state index contributed by atoms with van der Waals surface area (Å²) in [6.45, 7) is 7.78. The van der Waals surface area contributed by atoms with Gasteiger partial charge in [-0.25, -0.2) is 0 Å². The number of likely N-dealkylation sites (tertiary alicyclic amines) is 1. The van der Waals surface area contributed by atoms with E-state index in [0.29, 0.717) is 12.1 Å². The second kappa shape index (κ2) is 6.54. The molecule has 21 heavy (non-hydrogen) atoms. The number of para-hydroxylation sites is 1. The highest BCUT2D eigenvalue weighted by Crippen LogP contribution is 2.23. The number of nitrogens with one attached hydrogen (secondary N) is 1. The van der Waals surface area contributed by atoms with Crippen molar-refractivity contribution in [3.63, 3.8) is 0 Å². The monoisotopic (exact) mass is 283 g/mol. The number of rotatable bonds is 5. The molecule has 1 fully saturated rings. The van der Waals surface area contributed by atoms with Crippen LogP contribution in [-0.4, -0.2) is 35.1 Å². The fourth-order valence-electron chi connectivity index (χ4n) is 3.22. The minimum Gasteiger partial charge on any atom is -0.313 e. The number of pyridine rings is 1. The van der Waals surface area contributed by atoms with Crippen LogP contribution in [0, 0.1) is 0 Å². The molecule has 3 rings (SSSR count).